The summed E-state index contributed by atoms with van der Waals surface area (Å²) in [5, 5.41) is 12.2. The molecule has 3 rings (SSSR count). The van der Waals surface area contributed by atoms with Crippen LogP contribution in [-0.4, -0.2) is 13.2 Å². The summed E-state index contributed by atoms with van der Waals surface area (Å²) < 4.78 is 25.2. The summed E-state index contributed by atoms with van der Waals surface area (Å²) in [5.74, 6) is 1.11. The molecule has 0 aromatic heterocycles. The molecule has 0 radical (unpaired) electrons. The molecule has 4 nitrogen and oxygen atoms in total. The van der Waals surface area contributed by atoms with E-state index in [9.17, 15) is 4.39 Å². The Balaban J connectivity index is 1.75. The molecule has 1 aliphatic rings. The van der Waals surface area contributed by atoms with Gasteiger partial charge < -0.3 is 14.8 Å². The second kappa shape index (κ2) is 6.50. The van der Waals surface area contributed by atoms with Crippen LogP contribution in [0.1, 0.15) is 30.5 Å². The average molecular weight is 326 g/mol. The highest BCUT2D eigenvalue weighted by Crippen LogP contribution is 2.34. The van der Waals surface area contributed by atoms with Crippen LogP contribution in [0.5, 0.6) is 11.5 Å². The summed E-state index contributed by atoms with van der Waals surface area (Å²) in [7, 11) is 0. The van der Waals surface area contributed by atoms with Crippen molar-refractivity contribution < 1.29 is 13.9 Å². The lowest BCUT2D eigenvalue weighted by molar-refractivity contribution is 0.171. The molecular weight excluding hydrogens is 307 g/mol. The van der Waals surface area contributed by atoms with Crippen molar-refractivity contribution in [3.63, 3.8) is 0 Å². The molecule has 0 bridgehead atoms. The van der Waals surface area contributed by atoms with Gasteiger partial charge in [-0.1, -0.05) is 12.1 Å². The molecule has 0 saturated heterocycles. The number of hydrogen-bond donors (Lipinski definition) is 1. The van der Waals surface area contributed by atoms with E-state index in [1.54, 1.807) is 12.1 Å². The molecule has 0 atom stereocenters. The Hall–Kier alpha value is -2.58. The van der Waals surface area contributed by atoms with E-state index in [0.29, 0.717) is 30.9 Å². The van der Waals surface area contributed by atoms with Crippen LogP contribution in [0.3, 0.4) is 0 Å². The van der Waals surface area contributed by atoms with Crippen LogP contribution in [0.4, 0.5) is 4.39 Å². The highest BCUT2D eigenvalue weighted by molar-refractivity contribution is 5.45. The first-order chi connectivity index (χ1) is 11.5. The Bertz CT molecular complexity index is 796. The first kappa shape index (κ1) is 16.3. The van der Waals surface area contributed by atoms with Gasteiger partial charge in [-0.3, -0.25) is 0 Å². The molecular formula is C19H19FN2O2. The maximum Gasteiger partial charge on any atom is 0.161 e. The fourth-order valence-electron chi connectivity index (χ4n) is 2.61. The van der Waals surface area contributed by atoms with Crippen LogP contribution in [0.2, 0.25) is 0 Å². The van der Waals surface area contributed by atoms with Crippen molar-refractivity contribution in [3.05, 3.63) is 58.9 Å². The van der Waals surface area contributed by atoms with Gasteiger partial charge in [0.05, 0.1) is 11.6 Å². The number of fused-ring (bicyclic) bond motifs is 1. The van der Waals surface area contributed by atoms with Gasteiger partial charge in [-0.25, -0.2) is 4.39 Å². The van der Waals surface area contributed by atoms with E-state index in [1.807, 2.05) is 38.1 Å². The summed E-state index contributed by atoms with van der Waals surface area (Å²) >= 11 is 0. The lowest BCUT2D eigenvalue weighted by atomic mass is 9.93. The standard InChI is InChI=1S/C19H19FN2O2/c1-19(2,15-5-6-17-18(10-15)24-8-7-23-17)22-12-14-4-3-13(11-21)9-16(14)20/h3-6,9-10,22H,7-8,12H2,1-2H3. The molecule has 5 heteroatoms. The second-order valence-electron chi connectivity index (χ2n) is 6.25. The molecule has 0 saturated carbocycles. The molecule has 2 aromatic rings. The van der Waals surface area contributed by atoms with E-state index in [-0.39, 0.29) is 11.4 Å². The molecule has 0 aliphatic carbocycles. The highest BCUT2D eigenvalue weighted by Gasteiger charge is 2.23. The fourth-order valence-corrected chi connectivity index (χ4v) is 2.61. The van der Waals surface area contributed by atoms with Gasteiger partial charge in [0.2, 0.25) is 0 Å². The fraction of sp³-hybridized carbons (Fsp3) is 0.316. The topological polar surface area (TPSA) is 54.3 Å². The monoisotopic (exact) mass is 326 g/mol. The summed E-state index contributed by atoms with van der Waals surface area (Å²) in [6.07, 6.45) is 0. The van der Waals surface area contributed by atoms with Crippen molar-refractivity contribution in [2.45, 2.75) is 25.9 Å². The van der Waals surface area contributed by atoms with Crippen molar-refractivity contribution in [1.82, 2.24) is 5.32 Å². The molecule has 0 spiro atoms. The second-order valence-corrected chi connectivity index (χ2v) is 6.25. The largest absolute Gasteiger partial charge is 0.486 e. The summed E-state index contributed by atoms with van der Waals surface area (Å²) in [4.78, 5) is 0. The summed E-state index contributed by atoms with van der Waals surface area (Å²) in [6.45, 7) is 5.52. The van der Waals surface area contributed by atoms with Gasteiger partial charge in [0.15, 0.2) is 11.5 Å². The Labute approximate surface area is 140 Å². The van der Waals surface area contributed by atoms with Gasteiger partial charge in [0.25, 0.3) is 0 Å². The van der Waals surface area contributed by atoms with Crippen molar-refractivity contribution in [3.8, 4) is 17.6 Å². The Kier molecular flexibility index (Phi) is 4.41. The zero-order valence-corrected chi connectivity index (χ0v) is 13.7. The molecule has 1 heterocycles. The zero-order chi connectivity index (χ0) is 17.2. The van der Waals surface area contributed by atoms with E-state index >= 15 is 0 Å². The minimum atomic E-state index is -0.379. The van der Waals surface area contributed by atoms with Gasteiger partial charge in [-0.2, -0.15) is 5.26 Å². The van der Waals surface area contributed by atoms with E-state index in [2.05, 4.69) is 5.32 Å². The minimum Gasteiger partial charge on any atom is -0.486 e. The molecule has 1 aliphatic heterocycles. The first-order valence-electron chi connectivity index (χ1n) is 7.83. The van der Waals surface area contributed by atoms with Gasteiger partial charge in [-0.05, 0) is 43.7 Å². The summed E-state index contributed by atoms with van der Waals surface area (Å²) in [5.41, 5.74) is 1.50. The number of ether oxygens (including phenoxy) is 2. The maximum absolute atomic E-state index is 14.0. The first-order valence-corrected chi connectivity index (χ1v) is 7.83. The van der Waals surface area contributed by atoms with Crippen LogP contribution in [0.15, 0.2) is 36.4 Å². The summed E-state index contributed by atoms with van der Waals surface area (Å²) in [6, 6.07) is 12.3. The molecule has 2 aromatic carbocycles. The van der Waals surface area contributed by atoms with E-state index in [4.69, 9.17) is 14.7 Å². The maximum atomic E-state index is 14.0. The predicted octanol–water partition coefficient (Wildman–Crippen LogP) is 3.49. The zero-order valence-electron chi connectivity index (χ0n) is 13.7. The number of nitrogens with one attached hydrogen (secondary N) is 1. The van der Waals surface area contributed by atoms with Crippen molar-refractivity contribution in [2.75, 3.05) is 13.2 Å². The van der Waals surface area contributed by atoms with Crippen molar-refractivity contribution in [1.29, 1.82) is 5.26 Å². The molecule has 124 valence electrons. The molecule has 0 fully saturated rings. The van der Waals surface area contributed by atoms with Crippen LogP contribution in [0.25, 0.3) is 0 Å². The number of nitrogens with zero attached hydrogens (tertiary/aromatic N) is 1. The third-order valence-electron chi connectivity index (χ3n) is 4.17. The quantitative estimate of drug-likeness (QED) is 0.934. The van der Waals surface area contributed by atoms with E-state index in [1.165, 1.54) is 6.07 Å². The van der Waals surface area contributed by atoms with E-state index < -0.39 is 0 Å². The number of benzene rings is 2. The lowest BCUT2D eigenvalue weighted by Gasteiger charge is -2.29. The van der Waals surface area contributed by atoms with Gasteiger partial charge in [0, 0.05) is 17.6 Å². The number of rotatable bonds is 4. The molecule has 1 N–H and O–H groups in total. The van der Waals surface area contributed by atoms with Crippen LogP contribution in [0, 0.1) is 17.1 Å². The highest BCUT2D eigenvalue weighted by atomic mass is 19.1. The Morgan fingerprint density at radius 3 is 2.58 bits per heavy atom. The van der Waals surface area contributed by atoms with Crippen LogP contribution >= 0.6 is 0 Å². The Morgan fingerprint density at radius 1 is 1.12 bits per heavy atom. The van der Waals surface area contributed by atoms with Crippen molar-refractivity contribution in [2.24, 2.45) is 0 Å². The average Bonchev–Trinajstić information content (AvgIpc) is 2.60. The number of hydrogen-bond acceptors (Lipinski definition) is 4. The number of halogens is 1. The molecule has 24 heavy (non-hydrogen) atoms. The normalized spacial score (nSPS) is 13.4. The van der Waals surface area contributed by atoms with E-state index in [0.717, 1.165) is 17.1 Å². The third kappa shape index (κ3) is 3.34. The van der Waals surface area contributed by atoms with Crippen molar-refractivity contribution >= 4 is 0 Å². The SMILES string of the molecule is CC(C)(NCc1ccc(C#N)cc1F)c1ccc2c(c1)OCCO2. The molecule has 0 amide bonds. The third-order valence-corrected chi connectivity index (χ3v) is 4.17. The minimum absolute atomic E-state index is 0.322. The number of nitriles is 1. The lowest BCUT2D eigenvalue weighted by Crippen LogP contribution is -2.36. The van der Waals surface area contributed by atoms with Gasteiger partial charge in [0.1, 0.15) is 19.0 Å². The Morgan fingerprint density at radius 2 is 1.88 bits per heavy atom. The van der Waals surface area contributed by atoms with Crippen LogP contribution in [-0.2, 0) is 12.1 Å². The smallest absolute Gasteiger partial charge is 0.161 e. The van der Waals surface area contributed by atoms with Gasteiger partial charge in [-0.15, -0.1) is 0 Å². The van der Waals surface area contributed by atoms with Crippen LogP contribution < -0.4 is 14.8 Å². The van der Waals surface area contributed by atoms with Gasteiger partial charge >= 0.3 is 0 Å². The molecule has 0 unspecified atom stereocenters. The predicted molar refractivity (Wildman–Crippen MR) is 88.4 cm³/mol.